The second-order valence-corrected chi connectivity index (χ2v) is 10.4. The number of allylic oxidation sites excluding steroid dienone is 4. The van der Waals surface area contributed by atoms with Gasteiger partial charge in [0.05, 0.1) is 0 Å². The molecule has 1 aliphatic rings. The van der Waals surface area contributed by atoms with Gasteiger partial charge in [0.1, 0.15) is 0 Å². The first-order chi connectivity index (χ1) is 5.44. The molecule has 0 radical (unpaired) electrons. The zero-order valence-electron chi connectivity index (χ0n) is 7.47. The van der Waals surface area contributed by atoms with Crippen LogP contribution in [0.15, 0.2) is 23.3 Å². The van der Waals surface area contributed by atoms with Gasteiger partial charge < -0.3 is 0 Å². The molecule has 0 saturated carbocycles. The monoisotopic (exact) mass is 293 g/mol. The van der Waals surface area contributed by atoms with E-state index >= 15 is 0 Å². The summed E-state index contributed by atoms with van der Waals surface area (Å²) in [4.78, 5) is 0. The molecule has 3 heteroatoms. The second-order valence-electron chi connectivity index (χ2n) is 3.49. The van der Waals surface area contributed by atoms with E-state index in [4.69, 9.17) is 19.4 Å². The Balaban J connectivity index is 2.92. The van der Waals surface area contributed by atoms with Crippen molar-refractivity contribution in [1.29, 1.82) is 0 Å². The molecule has 0 fully saturated rings. The Bertz CT molecular complexity index is 243. The topological polar surface area (TPSA) is 0 Å². The zero-order valence-corrected chi connectivity index (χ0v) is 10.7. The maximum atomic E-state index is 6.07. The minimum atomic E-state index is -1.66. The third-order valence-corrected chi connectivity index (χ3v) is 7.60. The van der Waals surface area contributed by atoms with Crippen LogP contribution in [-0.2, 0) is 14.0 Å². The molecule has 0 aromatic rings. The Morgan fingerprint density at radius 1 is 1.42 bits per heavy atom. The average Bonchev–Trinajstić information content (AvgIpc) is 1.82. The van der Waals surface area contributed by atoms with Crippen molar-refractivity contribution < 1.29 is 14.0 Å². The first-order valence-electron chi connectivity index (χ1n) is 3.81. The van der Waals surface area contributed by atoms with Crippen molar-refractivity contribution in [3.63, 3.8) is 0 Å². The van der Waals surface area contributed by atoms with Gasteiger partial charge in [-0.15, -0.1) is 0 Å². The standard InChI is InChI=1S/C9H13.2ClH.Ru/c1-7-4-8(2)6-9(3)5-7;;;/h4-5H,6H2,1-3H3;2*1H;/q;;;+1/p-2. The van der Waals surface area contributed by atoms with Crippen LogP contribution in [0.1, 0.15) is 27.2 Å². The molecule has 12 heavy (non-hydrogen) atoms. The normalized spacial score (nSPS) is 30.9. The van der Waals surface area contributed by atoms with E-state index in [-0.39, 0.29) is 4.01 Å². The summed E-state index contributed by atoms with van der Waals surface area (Å²) >= 11 is -1.66. The molecule has 1 aliphatic carbocycles. The first-order valence-corrected chi connectivity index (χ1v) is 9.15. The van der Waals surface area contributed by atoms with Gasteiger partial charge >= 0.3 is 87.9 Å². The van der Waals surface area contributed by atoms with Crippen LogP contribution in [0.2, 0.25) is 4.01 Å². The van der Waals surface area contributed by atoms with Crippen molar-refractivity contribution in [2.75, 3.05) is 0 Å². The number of hydrogen-bond acceptors (Lipinski definition) is 0. The van der Waals surface area contributed by atoms with E-state index in [0.29, 0.717) is 0 Å². The van der Waals surface area contributed by atoms with Crippen molar-refractivity contribution in [3.8, 4) is 0 Å². The molecule has 0 amide bonds. The van der Waals surface area contributed by atoms with Crippen LogP contribution < -0.4 is 0 Å². The Morgan fingerprint density at radius 3 is 2.42 bits per heavy atom. The molecule has 0 nitrogen and oxygen atoms in total. The molecular formula is C9H13Cl2Ru-. The summed E-state index contributed by atoms with van der Waals surface area (Å²) in [5, 5.41) is 0. The van der Waals surface area contributed by atoms with Gasteiger partial charge in [-0.3, -0.25) is 0 Å². The molecule has 0 aromatic heterocycles. The first kappa shape index (κ1) is 10.8. The van der Waals surface area contributed by atoms with Crippen molar-refractivity contribution in [2.24, 2.45) is 0 Å². The summed E-state index contributed by atoms with van der Waals surface area (Å²) < 4.78 is 0.0660. The van der Waals surface area contributed by atoms with Crippen LogP contribution in [0.4, 0.5) is 0 Å². The SMILES string of the molecule is CC1=C[C](C)([Ru-]([Cl])[Cl])CC(C)=C1. The van der Waals surface area contributed by atoms with E-state index in [0.717, 1.165) is 6.42 Å². The molecule has 0 aliphatic heterocycles. The van der Waals surface area contributed by atoms with Gasteiger partial charge in [0, 0.05) is 0 Å². The van der Waals surface area contributed by atoms with Crippen LogP contribution in [0.25, 0.3) is 0 Å². The maximum absolute atomic E-state index is 6.07. The summed E-state index contributed by atoms with van der Waals surface area (Å²) in [6, 6.07) is 0. The van der Waals surface area contributed by atoms with Crippen LogP contribution in [0, 0.1) is 0 Å². The van der Waals surface area contributed by atoms with E-state index in [1.54, 1.807) is 0 Å². The Morgan fingerprint density at radius 2 is 2.00 bits per heavy atom. The predicted molar refractivity (Wildman–Crippen MR) is 52.2 cm³/mol. The fourth-order valence-electron chi connectivity index (χ4n) is 1.63. The van der Waals surface area contributed by atoms with Crippen molar-refractivity contribution in [3.05, 3.63) is 23.3 Å². The van der Waals surface area contributed by atoms with Crippen molar-refractivity contribution in [1.82, 2.24) is 0 Å². The number of halogens is 2. The average molecular weight is 293 g/mol. The molecule has 1 atom stereocenters. The minimum absolute atomic E-state index is 0.0660. The molecule has 0 spiro atoms. The molecule has 1 unspecified atom stereocenters. The molecule has 1 rings (SSSR count). The molecule has 72 valence electrons. The Labute approximate surface area is 87.6 Å². The summed E-state index contributed by atoms with van der Waals surface area (Å²) in [5.74, 6) is 0. The van der Waals surface area contributed by atoms with E-state index in [2.05, 4.69) is 32.9 Å². The quantitative estimate of drug-likeness (QED) is 0.629. The van der Waals surface area contributed by atoms with Crippen molar-refractivity contribution in [2.45, 2.75) is 31.2 Å². The fourth-order valence-corrected chi connectivity index (χ4v) is 3.94. The third-order valence-electron chi connectivity index (χ3n) is 1.92. The third kappa shape index (κ3) is 2.34. The summed E-state index contributed by atoms with van der Waals surface area (Å²) in [5.41, 5.74) is 2.68. The number of hydrogen-bond donors (Lipinski definition) is 0. The second kappa shape index (κ2) is 3.82. The van der Waals surface area contributed by atoms with E-state index in [1.165, 1.54) is 11.1 Å². The Kier molecular flexibility index (Phi) is 3.43. The molecule has 0 N–H and O–H groups in total. The fraction of sp³-hybridized carbons (Fsp3) is 0.556. The molecule has 0 heterocycles. The van der Waals surface area contributed by atoms with Gasteiger partial charge in [-0.2, -0.15) is 0 Å². The van der Waals surface area contributed by atoms with Crippen molar-refractivity contribution >= 4 is 19.4 Å². The summed E-state index contributed by atoms with van der Waals surface area (Å²) in [7, 11) is 12.1. The summed E-state index contributed by atoms with van der Waals surface area (Å²) in [6.45, 7) is 6.40. The molecule has 0 saturated heterocycles. The van der Waals surface area contributed by atoms with Crippen LogP contribution in [0.5, 0.6) is 0 Å². The van der Waals surface area contributed by atoms with Gasteiger partial charge in [-0.25, -0.2) is 0 Å². The van der Waals surface area contributed by atoms with Gasteiger partial charge in [0.2, 0.25) is 0 Å². The van der Waals surface area contributed by atoms with Crippen LogP contribution >= 0.6 is 19.4 Å². The van der Waals surface area contributed by atoms with Crippen LogP contribution in [0.3, 0.4) is 0 Å². The summed E-state index contributed by atoms with van der Waals surface area (Å²) in [6.07, 6.45) is 5.45. The molecule has 0 bridgehead atoms. The van der Waals surface area contributed by atoms with Gasteiger partial charge in [-0.1, -0.05) is 0 Å². The molecular weight excluding hydrogens is 280 g/mol. The van der Waals surface area contributed by atoms with Gasteiger partial charge in [0.25, 0.3) is 0 Å². The zero-order chi connectivity index (χ0) is 9.35. The van der Waals surface area contributed by atoms with E-state index < -0.39 is 14.0 Å². The molecule has 0 aromatic carbocycles. The van der Waals surface area contributed by atoms with E-state index in [1.807, 2.05) is 0 Å². The van der Waals surface area contributed by atoms with E-state index in [9.17, 15) is 0 Å². The van der Waals surface area contributed by atoms with Gasteiger partial charge in [-0.05, 0) is 0 Å². The predicted octanol–water partition coefficient (Wildman–Crippen LogP) is 4.39. The number of rotatable bonds is 1. The Hall–Kier alpha value is 0.683. The van der Waals surface area contributed by atoms with Crippen LogP contribution in [-0.4, -0.2) is 0 Å². The van der Waals surface area contributed by atoms with Gasteiger partial charge in [0.15, 0.2) is 0 Å².